The molecule has 2 atom stereocenters. The van der Waals surface area contributed by atoms with Gasteiger partial charge in [0.1, 0.15) is 32.3 Å². The lowest BCUT2D eigenvalue weighted by atomic mass is 9.86. The number of nitrogens with zero attached hydrogens (tertiary/aromatic N) is 2. The Morgan fingerprint density at radius 1 is 1.00 bits per heavy atom. The van der Waals surface area contributed by atoms with Crippen molar-refractivity contribution in [3.05, 3.63) is 29.8 Å². The summed E-state index contributed by atoms with van der Waals surface area (Å²) in [4.78, 5) is 0. The number of ether oxygens (including phenoxy) is 1. The summed E-state index contributed by atoms with van der Waals surface area (Å²) < 4.78 is 37.9. The molecule has 1 fully saturated rings. The number of benzene rings is 1. The van der Waals surface area contributed by atoms with E-state index < -0.39 is 33.1 Å². The van der Waals surface area contributed by atoms with E-state index >= 15 is 0 Å². The normalized spacial score (nSPS) is 23.9. The predicted octanol–water partition coefficient (Wildman–Crippen LogP) is 3.63. The molecule has 0 aliphatic carbocycles. The van der Waals surface area contributed by atoms with Gasteiger partial charge in [-0.2, -0.15) is 0 Å². The molecule has 0 saturated carbocycles. The summed E-state index contributed by atoms with van der Waals surface area (Å²) >= 11 is -2.41. The standard InChI is InChI=1S/C20H30N2O3S2/c1-18(2,3)26(23)21-17-15-9-7-8-10-16(15)25-20(17)11-13-22(14-12-20)27(24)19(4,5)6/h7-10H,11-14H2,1-6H3/t26-,27-/m0/s1. The molecule has 5 nitrogen and oxygen atoms in total. The molecule has 7 heteroatoms. The SMILES string of the molecule is CC(C)(C)[S@+]([O-])N=C1c2ccccc2OC12CCN([S@@+]([O-])C(C)(C)C)CC2. The zero-order valence-corrected chi connectivity index (χ0v) is 18.7. The maximum absolute atomic E-state index is 12.8. The van der Waals surface area contributed by atoms with Crippen LogP contribution in [0.2, 0.25) is 0 Å². The van der Waals surface area contributed by atoms with Crippen LogP contribution >= 0.6 is 0 Å². The van der Waals surface area contributed by atoms with Gasteiger partial charge in [-0.1, -0.05) is 16.5 Å². The van der Waals surface area contributed by atoms with Gasteiger partial charge in [-0.3, -0.25) is 0 Å². The predicted molar refractivity (Wildman–Crippen MR) is 113 cm³/mol. The largest absolute Gasteiger partial charge is 0.598 e. The molecular formula is C20H30N2O3S2. The summed E-state index contributed by atoms with van der Waals surface area (Å²) in [5.41, 5.74) is 1.14. The van der Waals surface area contributed by atoms with Gasteiger partial charge in [0.25, 0.3) is 0 Å². The van der Waals surface area contributed by atoms with Crippen molar-refractivity contribution >= 4 is 28.4 Å². The molecular weight excluding hydrogens is 380 g/mol. The first-order valence-corrected chi connectivity index (χ1v) is 11.6. The fourth-order valence-corrected chi connectivity index (χ4v) is 5.34. The first-order valence-electron chi connectivity index (χ1n) is 9.41. The number of piperidine rings is 1. The van der Waals surface area contributed by atoms with Crippen molar-refractivity contribution in [3.63, 3.8) is 0 Å². The van der Waals surface area contributed by atoms with E-state index in [4.69, 9.17) is 4.74 Å². The Kier molecular flexibility index (Phi) is 5.65. The molecule has 1 aromatic rings. The van der Waals surface area contributed by atoms with Crippen LogP contribution in [0.4, 0.5) is 0 Å². The van der Waals surface area contributed by atoms with Gasteiger partial charge in [-0.25, -0.2) is 0 Å². The van der Waals surface area contributed by atoms with Crippen LogP contribution in [0, 0.1) is 0 Å². The summed E-state index contributed by atoms with van der Waals surface area (Å²) in [6.07, 6.45) is 1.37. The Bertz CT molecular complexity index is 717. The number of hydrogen-bond donors (Lipinski definition) is 0. The highest BCUT2D eigenvalue weighted by Gasteiger charge is 2.52. The molecule has 3 rings (SSSR count). The van der Waals surface area contributed by atoms with Crippen molar-refractivity contribution in [1.29, 1.82) is 0 Å². The number of hydrogen-bond acceptors (Lipinski definition) is 5. The third-order valence-electron chi connectivity index (χ3n) is 4.87. The fourth-order valence-electron chi connectivity index (χ4n) is 3.35. The molecule has 0 amide bonds. The Balaban J connectivity index is 1.90. The van der Waals surface area contributed by atoms with Crippen LogP contribution in [0.15, 0.2) is 28.7 Å². The van der Waals surface area contributed by atoms with Gasteiger partial charge in [0.05, 0.1) is 0 Å². The Hall–Kier alpha value is -0.730. The highest BCUT2D eigenvalue weighted by Crippen LogP contribution is 2.43. The molecule has 0 aromatic heterocycles. The lowest BCUT2D eigenvalue weighted by molar-refractivity contribution is 0.0923. The lowest BCUT2D eigenvalue weighted by Crippen LogP contribution is -2.55. The summed E-state index contributed by atoms with van der Waals surface area (Å²) in [5, 5.41) is 0. The summed E-state index contributed by atoms with van der Waals surface area (Å²) in [5.74, 6) is 0.799. The molecule has 1 saturated heterocycles. The van der Waals surface area contributed by atoms with Crippen LogP contribution < -0.4 is 4.74 Å². The molecule has 150 valence electrons. The van der Waals surface area contributed by atoms with E-state index in [1.165, 1.54) is 0 Å². The molecule has 0 N–H and O–H groups in total. The topological polar surface area (TPSA) is 71.0 Å². The minimum Gasteiger partial charge on any atom is -0.598 e. The molecule has 0 bridgehead atoms. The van der Waals surface area contributed by atoms with Crippen molar-refractivity contribution in [2.45, 2.75) is 69.5 Å². The quantitative estimate of drug-likeness (QED) is 0.698. The van der Waals surface area contributed by atoms with Gasteiger partial charge in [0.2, 0.25) is 0 Å². The Morgan fingerprint density at radius 2 is 1.59 bits per heavy atom. The van der Waals surface area contributed by atoms with E-state index in [1.807, 2.05) is 70.1 Å². The smallest absolute Gasteiger partial charge is 0.159 e. The van der Waals surface area contributed by atoms with E-state index in [-0.39, 0.29) is 4.75 Å². The fraction of sp³-hybridized carbons (Fsp3) is 0.650. The summed E-state index contributed by atoms with van der Waals surface area (Å²) in [7, 11) is 0. The highest BCUT2D eigenvalue weighted by atomic mass is 32.2. The van der Waals surface area contributed by atoms with Crippen molar-refractivity contribution < 1.29 is 13.8 Å². The third-order valence-corrected chi connectivity index (χ3v) is 8.14. The van der Waals surface area contributed by atoms with Crippen molar-refractivity contribution in [1.82, 2.24) is 4.31 Å². The van der Waals surface area contributed by atoms with Crippen LogP contribution in [0.5, 0.6) is 5.75 Å². The molecule has 2 aliphatic heterocycles. The van der Waals surface area contributed by atoms with Gasteiger partial charge in [0.15, 0.2) is 5.60 Å². The van der Waals surface area contributed by atoms with Gasteiger partial charge in [-0.05, 0) is 53.7 Å². The van der Waals surface area contributed by atoms with E-state index in [2.05, 4.69) is 4.40 Å². The minimum absolute atomic E-state index is 0.283. The van der Waals surface area contributed by atoms with E-state index in [0.29, 0.717) is 25.9 Å². The second kappa shape index (κ2) is 7.26. The second-order valence-electron chi connectivity index (χ2n) is 9.18. The lowest BCUT2D eigenvalue weighted by Gasteiger charge is -2.40. The maximum Gasteiger partial charge on any atom is 0.159 e. The molecule has 0 radical (unpaired) electrons. The monoisotopic (exact) mass is 410 g/mol. The first kappa shape index (κ1) is 21.0. The molecule has 27 heavy (non-hydrogen) atoms. The number of para-hydroxylation sites is 1. The average Bonchev–Trinajstić information content (AvgIpc) is 2.87. The Morgan fingerprint density at radius 3 is 2.15 bits per heavy atom. The van der Waals surface area contributed by atoms with E-state index in [0.717, 1.165) is 17.0 Å². The van der Waals surface area contributed by atoms with Crippen molar-refractivity contribution in [2.75, 3.05) is 13.1 Å². The highest BCUT2D eigenvalue weighted by molar-refractivity contribution is 7.91. The second-order valence-corrected chi connectivity index (χ2v) is 13.3. The molecule has 2 heterocycles. The van der Waals surface area contributed by atoms with Gasteiger partial charge < -0.3 is 13.8 Å². The molecule has 1 aromatic carbocycles. The van der Waals surface area contributed by atoms with Crippen LogP contribution in [-0.4, -0.2) is 47.3 Å². The summed E-state index contributed by atoms with van der Waals surface area (Å²) in [6, 6.07) is 7.84. The average molecular weight is 411 g/mol. The van der Waals surface area contributed by atoms with Crippen LogP contribution in [0.1, 0.15) is 59.9 Å². The van der Waals surface area contributed by atoms with E-state index in [1.54, 1.807) is 0 Å². The van der Waals surface area contributed by atoms with Crippen LogP contribution in [-0.2, 0) is 22.7 Å². The van der Waals surface area contributed by atoms with Gasteiger partial charge in [0, 0.05) is 42.9 Å². The van der Waals surface area contributed by atoms with Crippen LogP contribution in [0.3, 0.4) is 0 Å². The zero-order valence-electron chi connectivity index (χ0n) is 17.1. The summed E-state index contributed by atoms with van der Waals surface area (Å²) in [6.45, 7) is 13.1. The number of rotatable bonds is 2. The van der Waals surface area contributed by atoms with Crippen molar-refractivity contribution in [3.8, 4) is 5.75 Å². The van der Waals surface area contributed by atoms with Crippen molar-refractivity contribution in [2.24, 2.45) is 4.40 Å². The van der Waals surface area contributed by atoms with Crippen LogP contribution in [0.25, 0.3) is 0 Å². The van der Waals surface area contributed by atoms with Gasteiger partial charge >= 0.3 is 0 Å². The van der Waals surface area contributed by atoms with E-state index in [9.17, 15) is 9.11 Å². The van der Waals surface area contributed by atoms with Gasteiger partial charge in [-0.15, -0.1) is 4.31 Å². The molecule has 0 unspecified atom stereocenters. The number of fused-ring (bicyclic) bond motifs is 1. The molecule has 2 aliphatic rings. The third kappa shape index (κ3) is 4.17. The maximum atomic E-state index is 12.8. The Labute approximate surface area is 169 Å². The first-order chi connectivity index (χ1) is 12.4. The molecule has 1 spiro atoms. The zero-order chi connectivity index (χ0) is 20.0. The minimum atomic E-state index is -1.36.